The van der Waals surface area contributed by atoms with Crippen LogP contribution in [0.2, 0.25) is 0 Å². The maximum atomic E-state index is 5.44. The Morgan fingerprint density at radius 1 is 1.50 bits per heavy atom. The van der Waals surface area contributed by atoms with E-state index in [0.717, 1.165) is 31.1 Å². The maximum Gasteiger partial charge on any atom is 0.111 e. The molecule has 0 aromatic carbocycles. The average molecular weight is 215 g/mol. The Labute approximate surface area is 90.9 Å². The molecule has 14 heavy (non-hydrogen) atoms. The van der Waals surface area contributed by atoms with Crippen LogP contribution in [0.4, 0.5) is 0 Å². The van der Waals surface area contributed by atoms with Crippen LogP contribution in [0.25, 0.3) is 0 Å². The standard InChI is InChI=1S/C10H21N3S/c1-2-5-12-10(13-11)8-9-3-6-14-7-4-9/h9H,2-8,11H2,1H3,(H,12,13). The molecule has 1 aliphatic heterocycles. The molecule has 0 saturated carbocycles. The molecule has 1 fully saturated rings. The molecule has 1 heterocycles. The lowest BCUT2D eigenvalue weighted by atomic mass is 9.98. The van der Waals surface area contributed by atoms with Crippen LogP contribution in [-0.4, -0.2) is 23.9 Å². The fourth-order valence-corrected chi connectivity index (χ4v) is 2.84. The molecule has 0 atom stereocenters. The van der Waals surface area contributed by atoms with Crippen LogP contribution in [0.15, 0.2) is 4.99 Å². The molecule has 0 bridgehead atoms. The van der Waals surface area contributed by atoms with Crippen molar-refractivity contribution in [3.8, 4) is 0 Å². The highest BCUT2D eigenvalue weighted by Crippen LogP contribution is 2.25. The number of hydrazine groups is 1. The van der Waals surface area contributed by atoms with E-state index in [1.165, 1.54) is 24.3 Å². The highest BCUT2D eigenvalue weighted by Gasteiger charge is 2.15. The molecule has 4 heteroatoms. The number of nitrogens with one attached hydrogen (secondary N) is 1. The Morgan fingerprint density at radius 3 is 2.79 bits per heavy atom. The van der Waals surface area contributed by atoms with Gasteiger partial charge in [-0.3, -0.25) is 4.99 Å². The summed E-state index contributed by atoms with van der Waals surface area (Å²) in [6.45, 7) is 3.02. The van der Waals surface area contributed by atoms with E-state index in [2.05, 4.69) is 29.1 Å². The van der Waals surface area contributed by atoms with Crippen LogP contribution < -0.4 is 11.3 Å². The normalized spacial score (nSPS) is 19.7. The second kappa shape index (κ2) is 7.12. The van der Waals surface area contributed by atoms with Gasteiger partial charge in [-0.25, -0.2) is 5.84 Å². The highest BCUT2D eigenvalue weighted by molar-refractivity contribution is 7.99. The van der Waals surface area contributed by atoms with Gasteiger partial charge in [0.1, 0.15) is 5.84 Å². The molecular formula is C10H21N3S. The smallest absolute Gasteiger partial charge is 0.111 e. The molecule has 3 nitrogen and oxygen atoms in total. The van der Waals surface area contributed by atoms with Gasteiger partial charge in [-0.2, -0.15) is 11.8 Å². The molecule has 0 amide bonds. The molecular weight excluding hydrogens is 194 g/mol. The number of hydrogen-bond acceptors (Lipinski definition) is 3. The Kier molecular flexibility index (Phi) is 6.03. The lowest BCUT2D eigenvalue weighted by Gasteiger charge is -2.21. The van der Waals surface area contributed by atoms with E-state index in [1.807, 2.05) is 0 Å². The third kappa shape index (κ3) is 4.33. The summed E-state index contributed by atoms with van der Waals surface area (Å²) >= 11 is 2.06. The van der Waals surface area contributed by atoms with E-state index in [1.54, 1.807) is 0 Å². The molecule has 1 rings (SSSR count). The monoisotopic (exact) mass is 215 g/mol. The lowest BCUT2D eigenvalue weighted by molar-refractivity contribution is 0.503. The number of hydrogen-bond donors (Lipinski definition) is 2. The SMILES string of the molecule is CCCN=C(CC1CCSCC1)NN. The number of thioether (sulfide) groups is 1. The summed E-state index contributed by atoms with van der Waals surface area (Å²) in [6.07, 6.45) is 4.76. The van der Waals surface area contributed by atoms with Crippen molar-refractivity contribution in [3.63, 3.8) is 0 Å². The molecule has 0 unspecified atom stereocenters. The van der Waals surface area contributed by atoms with Crippen molar-refractivity contribution in [3.05, 3.63) is 0 Å². The van der Waals surface area contributed by atoms with Gasteiger partial charge in [-0.1, -0.05) is 6.92 Å². The predicted molar refractivity (Wildman–Crippen MR) is 64.6 cm³/mol. The van der Waals surface area contributed by atoms with Crippen molar-refractivity contribution >= 4 is 17.6 Å². The number of rotatable bonds is 4. The van der Waals surface area contributed by atoms with Crippen LogP contribution in [-0.2, 0) is 0 Å². The molecule has 3 N–H and O–H groups in total. The minimum Gasteiger partial charge on any atom is -0.312 e. The summed E-state index contributed by atoms with van der Waals surface area (Å²) < 4.78 is 0. The third-order valence-electron chi connectivity index (χ3n) is 2.52. The van der Waals surface area contributed by atoms with Crippen molar-refractivity contribution in [2.45, 2.75) is 32.6 Å². The largest absolute Gasteiger partial charge is 0.312 e. The average Bonchev–Trinajstić information content (AvgIpc) is 2.25. The molecule has 0 aromatic heterocycles. The summed E-state index contributed by atoms with van der Waals surface area (Å²) in [4.78, 5) is 4.43. The van der Waals surface area contributed by atoms with E-state index >= 15 is 0 Å². The van der Waals surface area contributed by atoms with Crippen LogP contribution in [0.1, 0.15) is 32.6 Å². The molecule has 1 saturated heterocycles. The Bertz CT molecular complexity index is 176. The van der Waals surface area contributed by atoms with Crippen molar-refractivity contribution < 1.29 is 0 Å². The predicted octanol–water partition coefficient (Wildman–Crippen LogP) is 1.79. The quantitative estimate of drug-likeness (QED) is 0.325. The van der Waals surface area contributed by atoms with Crippen LogP contribution in [0, 0.1) is 5.92 Å². The summed E-state index contributed by atoms with van der Waals surface area (Å²) in [5.41, 5.74) is 2.73. The van der Waals surface area contributed by atoms with Gasteiger partial charge in [0.05, 0.1) is 0 Å². The number of nitrogens with two attached hydrogens (primary N) is 1. The van der Waals surface area contributed by atoms with Gasteiger partial charge in [-0.15, -0.1) is 0 Å². The lowest BCUT2D eigenvalue weighted by Crippen LogP contribution is -2.33. The summed E-state index contributed by atoms with van der Waals surface area (Å²) in [7, 11) is 0. The second-order valence-corrected chi connectivity index (χ2v) is 4.96. The molecule has 0 spiro atoms. The first-order valence-electron chi connectivity index (χ1n) is 5.44. The van der Waals surface area contributed by atoms with Crippen molar-refractivity contribution in [2.75, 3.05) is 18.1 Å². The fourth-order valence-electron chi connectivity index (χ4n) is 1.64. The van der Waals surface area contributed by atoms with Crippen molar-refractivity contribution in [2.24, 2.45) is 16.8 Å². The van der Waals surface area contributed by atoms with E-state index in [9.17, 15) is 0 Å². The van der Waals surface area contributed by atoms with Gasteiger partial charge >= 0.3 is 0 Å². The zero-order valence-corrected chi connectivity index (χ0v) is 9.78. The molecule has 82 valence electrons. The Morgan fingerprint density at radius 2 is 2.21 bits per heavy atom. The van der Waals surface area contributed by atoms with Gasteiger partial charge in [0.25, 0.3) is 0 Å². The van der Waals surface area contributed by atoms with Crippen LogP contribution in [0.5, 0.6) is 0 Å². The third-order valence-corrected chi connectivity index (χ3v) is 3.56. The molecule has 0 radical (unpaired) electrons. The molecule has 1 aliphatic rings. The van der Waals surface area contributed by atoms with Gasteiger partial charge < -0.3 is 5.43 Å². The number of nitrogens with zero attached hydrogens (tertiary/aromatic N) is 1. The Hall–Kier alpha value is -0.220. The van der Waals surface area contributed by atoms with Crippen LogP contribution >= 0.6 is 11.8 Å². The van der Waals surface area contributed by atoms with E-state index in [0.29, 0.717) is 0 Å². The summed E-state index contributed by atoms with van der Waals surface area (Å²) in [5, 5.41) is 0. The molecule has 0 aromatic rings. The highest BCUT2D eigenvalue weighted by atomic mass is 32.2. The summed E-state index contributed by atoms with van der Waals surface area (Å²) in [6, 6.07) is 0. The zero-order valence-electron chi connectivity index (χ0n) is 8.96. The summed E-state index contributed by atoms with van der Waals surface area (Å²) in [5.74, 6) is 9.83. The first-order chi connectivity index (χ1) is 6.86. The number of aliphatic imine (C=N–C) groups is 1. The van der Waals surface area contributed by atoms with Crippen LogP contribution in [0.3, 0.4) is 0 Å². The molecule has 0 aliphatic carbocycles. The maximum absolute atomic E-state index is 5.44. The first-order valence-corrected chi connectivity index (χ1v) is 6.60. The number of amidine groups is 1. The first kappa shape index (κ1) is 11.9. The van der Waals surface area contributed by atoms with Gasteiger partial charge in [0, 0.05) is 13.0 Å². The van der Waals surface area contributed by atoms with E-state index < -0.39 is 0 Å². The fraction of sp³-hybridized carbons (Fsp3) is 0.900. The van der Waals surface area contributed by atoms with Gasteiger partial charge in [0.15, 0.2) is 0 Å². The topological polar surface area (TPSA) is 50.4 Å². The van der Waals surface area contributed by atoms with Gasteiger partial charge in [-0.05, 0) is 36.7 Å². The van der Waals surface area contributed by atoms with Crippen molar-refractivity contribution in [1.29, 1.82) is 0 Å². The van der Waals surface area contributed by atoms with E-state index in [4.69, 9.17) is 5.84 Å². The Balaban J connectivity index is 2.30. The second-order valence-electron chi connectivity index (χ2n) is 3.73. The van der Waals surface area contributed by atoms with E-state index in [-0.39, 0.29) is 0 Å². The zero-order chi connectivity index (χ0) is 10.2. The minimum absolute atomic E-state index is 0.794. The minimum atomic E-state index is 0.794. The van der Waals surface area contributed by atoms with Crippen molar-refractivity contribution in [1.82, 2.24) is 5.43 Å². The van der Waals surface area contributed by atoms with Gasteiger partial charge in [0.2, 0.25) is 0 Å².